The van der Waals surface area contributed by atoms with Gasteiger partial charge in [-0.1, -0.05) is 105 Å². The first kappa shape index (κ1) is 27.5. The summed E-state index contributed by atoms with van der Waals surface area (Å²) >= 11 is 0. The monoisotopic (exact) mass is 545 g/mol. The van der Waals surface area contributed by atoms with Gasteiger partial charge in [0.15, 0.2) is 0 Å². The Morgan fingerprint density at radius 1 is 0.780 bits per heavy atom. The van der Waals surface area contributed by atoms with E-state index in [4.69, 9.17) is 4.52 Å². The summed E-state index contributed by atoms with van der Waals surface area (Å²) in [6, 6.07) is 31.4. The standard InChI is InChI=1S/C34H31N3O4/c1-34(2,3)28-19-17-26(18-20-28)31(38)35-29(33(39)40)21-22-9-11-25(12-10-22)30-36-32(41-37-30)27-15-13-24(14-16-27)23-7-5-4-6-8-23/h4-20,29H,21H2,1-3H3,(H,35,38)(H,39,40)/t29-/m0/s1. The molecule has 1 amide bonds. The molecule has 1 heterocycles. The Bertz CT molecular complexity index is 1630. The van der Waals surface area contributed by atoms with E-state index in [1.807, 2.05) is 66.7 Å². The fourth-order valence-electron chi connectivity index (χ4n) is 4.48. The van der Waals surface area contributed by atoms with E-state index in [2.05, 4.69) is 48.4 Å². The fraction of sp³-hybridized carbons (Fsp3) is 0.176. The first-order chi connectivity index (χ1) is 19.7. The molecule has 41 heavy (non-hydrogen) atoms. The van der Waals surface area contributed by atoms with Gasteiger partial charge < -0.3 is 14.9 Å². The zero-order valence-corrected chi connectivity index (χ0v) is 23.2. The van der Waals surface area contributed by atoms with Crippen LogP contribution in [0.1, 0.15) is 42.3 Å². The third-order valence-corrected chi connectivity index (χ3v) is 6.93. The third-order valence-electron chi connectivity index (χ3n) is 6.93. The quantitative estimate of drug-likeness (QED) is 0.222. The average molecular weight is 546 g/mol. The van der Waals surface area contributed by atoms with Crippen molar-refractivity contribution >= 4 is 11.9 Å². The molecular weight excluding hydrogens is 514 g/mol. The molecule has 0 saturated heterocycles. The van der Waals surface area contributed by atoms with Crippen LogP contribution in [0.2, 0.25) is 0 Å². The Morgan fingerprint density at radius 2 is 1.37 bits per heavy atom. The van der Waals surface area contributed by atoms with Gasteiger partial charge in [-0.2, -0.15) is 4.98 Å². The molecule has 1 atom stereocenters. The summed E-state index contributed by atoms with van der Waals surface area (Å²) in [6.45, 7) is 6.28. The Balaban J connectivity index is 1.24. The van der Waals surface area contributed by atoms with Crippen LogP contribution < -0.4 is 5.32 Å². The van der Waals surface area contributed by atoms with Crippen molar-refractivity contribution in [1.29, 1.82) is 0 Å². The van der Waals surface area contributed by atoms with Crippen LogP contribution in [0.3, 0.4) is 0 Å². The van der Waals surface area contributed by atoms with Gasteiger partial charge in [0, 0.05) is 23.1 Å². The van der Waals surface area contributed by atoms with E-state index in [-0.39, 0.29) is 11.8 Å². The molecule has 4 aromatic carbocycles. The van der Waals surface area contributed by atoms with Crippen LogP contribution in [0, 0.1) is 0 Å². The summed E-state index contributed by atoms with van der Waals surface area (Å²) in [4.78, 5) is 29.2. The van der Waals surface area contributed by atoms with Gasteiger partial charge in [0.05, 0.1) is 0 Å². The summed E-state index contributed by atoms with van der Waals surface area (Å²) < 4.78 is 5.50. The molecule has 1 aromatic heterocycles. The second-order valence-electron chi connectivity index (χ2n) is 11.0. The third kappa shape index (κ3) is 6.58. The number of nitrogens with one attached hydrogen (secondary N) is 1. The number of benzene rings is 4. The van der Waals surface area contributed by atoms with Crippen molar-refractivity contribution in [2.24, 2.45) is 0 Å². The number of amides is 1. The van der Waals surface area contributed by atoms with Crippen LogP contribution in [0.15, 0.2) is 108 Å². The van der Waals surface area contributed by atoms with Crippen molar-refractivity contribution in [3.8, 4) is 34.0 Å². The van der Waals surface area contributed by atoms with E-state index in [9.17, 15) is 14.7 Å². The molecule has 5 aromatic rings. The van der Waals surface area contributed by atoms with Gasteiger partial charge in [-0.25, -0.2) is 4.79 Å². The summed E-state index contributed by atoms with van der Waals surface area (Å²) in [5.74, 6) is -0.686. The number of aliphatic carboxylic acids is 1. The van der Waals surface area contributed by atoms with Gasteiger partial charge in [-0.3, -0.25) is 4.79 Å². The first-order valence-corrected chi connectivity index (χ1v) is 13.4. The van der Waals surface area contributed by atoms with Gasteiger partial charge in [0.1, 0.15) is 6.04 Å². The number of rotatable bonds is 8. The molecule has 206 valence electrons. The molecule has 0 fully saturated rings. The smallest absolute Gasteiger partial charge is 0.326 e. The van der Waals surface area contributed by atoms with Crippen molar-refractivity contribution in [3.05, 3.63) is 120 Å². The van der Waals surface area contributed by atoms with Crippen LogP contribution in [-0.2, 0) is 16.6 Å². The van der Waals surface area contributed by atoms with E-state index < -0.39 is 17.9 Å². The molecule has 7 heteroatoms. The van der Waals surface area contributed by atoms with Crippen LogP contribution >= 0.6 is 0 Å². The molecule has 0 aliphatic carbocycles. The molecule has 0 unspecified atom stereocenters. The maximum absolute atomic E-state index is 12.8. The van der Waals surface area contributed by atoms with Crippen LogP contribution in [0.5, 0.6) is 0 Å². The molecule has 5 rings (SSSR count). The molecule has 0 aliphatic heterocycles. The maximum atomic E-state index is 12.8. The Kier molecular flexibility index (Phi) is 7.79. The highest BCUT2D eigenvalue weighted by Gasteiger charge is 2.22. The lowest BCUT2D eigenvalue weighted by atomic mass is 9.86. The molecule has 2 N–H and O–H groups in total. The van der Waals surface area contributed by atoms with Gasteiger partial charge in [0.2, 0.25) is 5.82 Å². The number of aromatic nitrogens is 2. The fourth-order valence-corrected chi connectivity index (χ4v) is 4.48. The van der Waals surface area contributed by atoms with Gasteiger partial charge in [0.25, 0.3) is 11.8 Å². The molecular formula is C34H31N3O4. The van der Waals surface area contributed by atoms with E-state index in [0.717, 1.165) is 33.4 Å². The maximum Gasteiger partial charge on any atom is 0.326 e. The van der Waals surface area contributed by atoms with Gasteiger partial charge in [-0.15, -0.1) is 0 Å². The Labute approximate surface area is 238 Å². The molecule has 0 aliphatic rings. The number of nitrogens with zero attached hydrogens (tertiary/aromatic N) is 2. The summed E-state index contributed by atoms with van der Waals surface area (Å²) in [7, 11) is 0. The second-order valence-corrected chi connectivity index (χ2v) is 11.0. The zero-order valence-electron chi connectivity index (χ0n) is 23.2. The summed E-state index contributed by atoms with van der Waals surface area (Å²) in [5.41, 5.74) is 6.00. The lowest BCUT2D eigenvalue weighted by Gasteiger charge is -2.19. The largest absolute Gasteiger partial charge is 0.480 e. The number of carbonyl (C=O) groups excluding carboxylic acids is 1. The minimum atomic E-state index is -1.10. The average Bonchev–Trinajstić information content (AvgIpc) is 3.48. The molecule has 0 saturated carbocycles. The number of carboxylic acid groups (broad SMARTS) is 1. The topological polar surface area (TPSA) is 105 Å². The molecule has 0 spiro atoms. The van der Waals surface area contributed by atoms with Crippen molar-refractivity contribution in [2.45, 2.75) is 38.6 Å². The van der Waals surface area contributed by atoms with Gasteiger partial charge >= 0.3 is 5.97 Å². The molecule has 0 radical (unpaired) electrons. The molecule has 0 bridgehead atoms. The summed E-state index contributed by atoms with van der Waals surface area (Å²) in [5, 5.41) is 16.5. The van der Waals surface area contributed by atoms with E-state index in [1.54, 1.807) is 24.3 Å². The van der Waals surface area contributed by atoms with Crippen LogP contribution in [0.4, 0.5) is 0 Å². The van der Waals surface area contributed by atoms with Crippen molar-refractivity contribution in [1.82, 2.24) is 15.5 Å². The van der Waals surface area contributed by atoms with Crippen molar-refractivity contribution in [3.63, 3.8) is 0 Å². The van der Waals surface area contributed by atoms with Crippen molar-refractivity contribution in [2.75, 3.05) is 0 Å². The molecule has 7 nitrogen and oxygen atoms in total. The van der Waals surface area contributed by atoms with E-state index in [0.29, 0.717) is 17.3 Å². The number of hydrogen-bond donors (Lipinski definition) is 2. The Morgan fingerprint density at radius 3 is 1.98 bits per heavy atom. The van der Waals surface area contributed by atoms with Gasteiger partial charge in [-0.05, 0) is 51.9 Å². The zero-order chi connectivity index (χ0) is 29.0. The van der Waals surface area contributed by atoms with E-state index >= 15 is 0 Å². The predicted molar refractivity (Wildman–Crippen MR) is 158 cm³/mol. The first-order valence-electron chi connectivity index (χ1n) is 13.4. The minimum absolute atomic E-state index is 0.0397. The lowest BCUT2D eigenvalue weighted by Crippen LogP contribution is -2.42. The van der Waals surface area contributed by atoms with Crippen LogP contribution in [-0.4, -0.2) is 33.2 Å². The predicted octanol–water partition coefficient (Wildman–Crippen LogP) is 6.79. The number of hydrogen-bond acceptors (Lipinski definition) is 5. The summed E-state index contributed by atoms with van der Waals surface area (Å²) in [6.07, 6.45) is 0.132. The van der Waals surface area contributed by atoms with E-state index in [1.165, 1.54) is 0 Å². The second kappa shape index (κ2) is 11.6. The lowest BCUT2D eigenvalue weighted by molar-refractivity contribution is -0.139. The normalized spacial score (nSPS) is 12.1. The minimum Gasteiger partial charge on any atom is -0.480 e. The highest BCUT2D eigenvalue weighted by atomic mass is 16.5. The number of carboxylic acids is 1. The Hall–Kier alpha value is -5.04. The number of carbonyl (C=O) groups is 2. The SMILES string of the molecule is CC(C)(C)c1ccc(C(=O)N[C@@H](Cc2ccc(-c3noc(-c4ccc(-c5ccccc5)cc4)n3)cc2)C(=O)O)cc1. The highest BCUT2D eigenvalue weighted by molar-refractivity contribution is 5.96. The highest BCUT2D eigenvalue weighted by Crippen LogP contribution is 2.26. The van der Waals surface area contributed by atoms with Crippen molar-refractivity contribution < 1.29 is 19.2 Å². The van der Waals surface area contributed by atoms with Crippen LogP contribution in [0.25, 0.3) is 34.0 Å².